The molecule has 0 aliphatic heterocycles. The van der Waals surface area contributed by atoms with Crippen LogP contribution in [0, 0.1) is 11.8 Å². The lowest BCUT2D eigenvalue weighted by Gasteiger charge is -2.10. The number of rotatable bonds is 4. The van der Waals surface area contributed by atoms with Crippen molar-refractivity contribution in [1.82, 2.24) is 4.90 Å². The molecule has 0 atom stereocenters. The van der Waals surface area contributed by atoms with E-state index in [1.54, 1.807) is 12.1 Å². The minimum atomic E-state index is -0.540. The van der Waals surface area contributed by atoms with Crippen LogP contribution in [-0.2, 0) is 9.53 Å². The van der Waals surface area contributed by atoms with Gasteiger partial charge < -0.3 is 14.4 Å². The first-order chi connectivity index (χ1) is 8.61. The first-order valence-corrected chi connectivity index (χ1v) is 5.59. The van der Waals surface area contributed by atoms with E-state index in [-0.39, 0.29) is 0 Å². The number of hydrogen-bond acceptors (Lipinski definition) is 4. The third-order valence-corrected chi connectivity index (χ3v) is 2.16. The fourth-order valence-corrected chi connectivity index (χ4v) is 1.15. The molecule has 0 fully saturated rings. The Labute approximate surface area is 107 Å². The van der Waals surface area contributed by atoms with Crippen molar-refractivity contribution in [1.29, 1.82) is 0 Å². The summed E-state index contributed by atoms with van der Waals surface area (Å²) in [4.78, 5) is 12.9. The predicted octanol–water partition coefficient (Wildman–Crippen LogP) is 1.15. The maximum Gasteiger partial charge on any atom is 0.384 e. The van der Waals surface area contributed by atoms with E-state index in [1.807, 2.05) is 26.2 Å². The molecule has 0 spiro atoms. The van der Waals surface area contributed by atoms with E-state index in [1.165, 1.54) is 7.11 Å². The zero-order chi connectivity index (χ0) is 13.4. The SMILES string of the molecule is COC(=O)C#Cc1ccc(OCCN(C)C)cc1. The van der Waals surface area contributed by atoms with Crippen molar-refractivity contribution in [3.05, 3.63) is 29.8 Å². The maximum atomic E-state index is 10.8. The molecule has 0 saturated heterocycles. The Kier molecular flexibility index (Phi) is 5.75. The Bertz CT molecular complexity index is 440. The average Bonchev–Trinajstić information content (AvgIpc) is 2.37. The number of carbonyl (C=O) groups excluding carboxylic acids is 1. The fourth-order valence-electron chi connectivity index (χ4n) is 1.15. The number of carbonyl (C=O) groups is 1. The van der Waals surface area contributed by atoms with Crippen LogP contribution >= 0.6 is 0 Å². The molecule has 4 heteroatoms. The van der Waals surface area contributed by atoms with Crippen LogP contribution in [0.4, 0.5) is 0 Å². The van der Waals surface area contributed by atoms with Crippen LogP contribution in [0.1, 0.15) is 5.56 Å². The molecule has 0 saturated carbocycles. The summed E-state index contributed by atoms with van der Waals surface area (Å²) >= 11 is 0. The number of likely N-dealkylation sites (N-methyl/N-ethyl adjacent to an activating group) is 1. The average molecular weight is 247 g/mol. The van der Waals surface area contributed by atoms with Crippen molar-refractivity contribution in [2.24, 2.45) is 0 Å². The van der Waals surface area contributed by atoms with Crippen molar-refractivity contribution >= 4 is 5.97 Å². The highest BCUT2D eigenvalue weighted by atomic mass is 16.5. The molecule has 1 rings (SSSR count). The van der Waals surface area contributed by atoms with Crippen LogP contribution in [-0.4, -0.2) is 45.2 Å². The first-order valence-electron chi connectivity index (χ1n) is 5.59. The number of nitrogens with zero attached hydrogens (tertiary/aromatic N) is 1. The van der Waals surface area contributed by atoms with Crippen molar-refractivity contribution < 1.29 is 14.3 Å². The summed E-state index contributed by atoms with van der Waals surface area (Å²) in [6.45, 7) is 1.50. The molecule has 0 bridgehead atoms. The molecule has 0 unspecified atom stereocenters. The van der Waals surface area contributed by atoms with Crippen LogP contribution in [0.3, 0.4) is 0 Å². The number of ether oxygens (including phenoxy) is 2. The van der Waals surface area contributed by atoms with Crippen molar-refractivity contribution in [2.45, 2.75) is 0 Å². The summed E-state index contributed by atoms with van der Waals surface area (Å²) in [5.41, 5.74) is 0.750. The topological polar surface area (TPSA) is 38.8 Å². The summed E-state index contributed by atoms with van der Waals surface area (Å²) in [5, 5.41) is 0. The minimum Gasteiger partial charge on any atom is -0.492 e. The molecule has 18 heavy (non-hydrogen) atoms. The number of esters is 1. The Morgan fingerprint density at radius 3 is 2.50 bits per heavy atom. The van der Waals surface area contributed by atoms with E-state index in [0.717, 1.165) is 17.9 Å². The van der Waals surface area contributed by atoms with Gasteiger partial charge in [-0.15, -0.1) is 0 Å². The van der Waals surface area contributed by atoms with E-state index in [9.17, 15) is 4.79 Å². The summed E-state index contributed by atoms with van der Waals surface area (Å²) in [5.74, 6) is 5.33. The van der Waals surface area contributed by atoms with Gasteiger partial charge in [0.05, 0.1) is 7.11 Å². The molecule has 96 valence electrons. The van der Waals surface area contributed by atoms with E-state index >= 15 is 0 Å². The molecule has 0 heterocycles. The quantitative estimate of drug-likeness (QED) is 0.591. The number of methoxy groups -OCH3 is 1. The van der Waals surface area contributed by atoms with E-state index in [0.29, 0.717) is 6.61 Å². The van der Waals surface area contributed by atoms with Crippen LogP contribution < -0.4 is 4.74 Å². The lowest BCUT2D eigenvalue weighted by atomic mass is 10.2. The predicted molar refractivity (Wildman–Crippen MR) is 69.4 cm³/mol. The van der Waals surface area contributed by atoms with E-state index < -0.39 is 5.97 Å². The standard InChI is InChI=1S/C14H17NO3/c1-15(2)10-11-18-13-7-4-12(5-8-13)6-9-14(16)17-3/h4-5,7-8H,10-11H2,1-3H3. The van der Waals surface area contributed by atoms with Gasteiger partial charge in [0.2, 0.25) is 0 Å². The zero-order valence-corrected chi connectivity index (χ0v) is 10.9. The fraction of sp³-hybridized carbons (Fsp3) is 0.357. The Morgan fingerprint density at radius 2 is 1.94 bits per heavy atom. The summed E-state index contributed by atoms with van der Waals surface area (Å²) < 4.78 is 9.97. The Hall–Kier alpha value is -1.99. The van der Waals surface area contributed by atoms with Crippen molar-refractivity contribution in [3.8, 4) is 17.6 Å². The summed E-state index contributed by atoms with van der Waals surface area (Å²) in [7, 11) is 5.29. The highest BCUT2D eigenvalue weighted by Crippen LogP contribution is 2.11. The maximum absolute atomic E-state index is 10.8. The van der Waals surface area contributed by atoms with Gasteiger partial charge >= 0.3 is 5.97 Å². The molecule has 1 aromatic carbocycles. The van der Waals surface area contributed by atoms with Crippen LogP contribution in [0.5, 0.6) is 5.75 Å². The molecular formula is C14H17NO3. The van der Waals surface area contributed by atoms with Gasteiger partial charge in [-0.25, -0.2) is 4.79 Å². The second-order valence-electron chi connectivity index (χ2n) is 3.92. The zero-order valence-electron chi connectivity index (χ0n) is 10.9. The highest BCUT2D eigenvalue weighted by Gasteiger charge is 1.95. The number of hydrogen-bond donors (Lipinski definition) is 0. The van der Waals surface area contributed by atoms with E-state index in [4.69, 9.17) is 4.74 Å². The molecule has 0 aliphatic rings. The van der Waals surface area contributed by atoms with Gasteiger partial charge in [0.25, 0.3) is 0 Å². The molecule has 0 aromatic heterocycles. The largest absolute Gasteiger partial charge is 0.492 e. The molecule has 4 nitrogen and oxygen atoms in total. The van der Waals surface area contributed by atoms with Gasteiger partial charge in [-0.05, 0) is 38.4 Å². The third-order valence-electron chi connectivity index (χ3n) is 2.16. The first kappa shape index (κ1) is 14.1. The highest BCUT2D eigenvalue weighted by molar-refractivity contribution is 5.88. The minimum absolute atomic E-state index is 0.540. The summed E-state index contributed by atoms with van der Waals surface area (Å²) in [6, 6.07) is 7.27. The molecule has 0 amide bonds. The van der Waals surface area contributed by atoms with Crippen LogP contribution in [0.25, 0.3) is 0 Å². The monoisotopic (exact) mass is 247 g/mol. The van der Waals surface area contributed by atoms with Gasteiger partial charge in [-0.2, -0.15) is 0 Å². The molecule has 0 aliphatic carbocycles. The van der Waals surface area contributed by atoms with Gasteiger partial charge in [0.1, 0.15) is 12.4 Å². The van der Waals surface area contributed by atoms with Crippen LogP contribution in [0.2, 0.25) is 0 Å². The van der Waals surface area contributed by atoms with Crippen molar-refractivity contribution in [3.63, 3.8) is 0 Å². The van der Waals surface area contributed by atoms with Gasteiger partial charge in [0, 0.05) is 18.0 Å². The smallest absolute Gasteiger partial charge is 0.384 e. The molecule has 0 N–H and O–H groups in total. The van der Waals surface area contributed by atoms with Gasteiger partial charge in [0.15, 0.2) is 0 Å². The molecular weight excluding hydrogens is 230 g/mol. The molecule has 0 radical (unpaired) electrons. The van der Waals surface area contributed by atoms with Gasteiger partial charge in [-0.3, -0.25) is 0 Å². The van der Waals surface area contributed by atoms with Gasteiger partial charge in [-0.1, -0.05) is 5.92 Å². The summed E-state index contributed by atoms with van der Waals surface area (Å²) in [6.07, 6.45) is 0. The van der Waals surface area contributed by atoms with Crippen LogP contribution in [0.15, 0.2) is 24.3 Å². The Morgan fingerprint density at radius 1 is 1.28 bits per heavy atom. The normalized spacial score (nSPS) is 9.56. The molecule has 1 aromatic rings. The third kappa shape index (κ3) is 5.37. The number of benzene rings is 1. The second-order valence-corrected chi connectivity index (χ2v) is 3.92. The Balaban J connectivity index is 2.51. The lowest BCUT2D eigenvalue weighted by molar-refractivity contribution is -0.133. The lowest BCUT2D eigenvalue weighted by Crippen LogP contribution is -2.19. The van der Waals surface area contributed by atoms with E-state index in [2.05, 4.69) is 21.5 Å². The second kappa shape index (κ2) is 7.36. The van der Waals surface area contributed by atoms with Crippen molar-refractivity contribution in [2.75, 3.05) is 34.4 Å².